The van der Waals surface area contributed by atoms with Crippen LogP contribution < -0.4 is 5.32 Å². The molecule has 0 aliphatic rings. The van der Waals surface area contributed by atoms with E-state index in [0.717, 1.165) is 29.7 Å². The first-order valence-electron chi connectivity index (χ1n) is 7.56. The van der Waals surface area contributed by atoms with Crippen LogP contribution in [0.4, 0.5) is 0 Å². The molecule has 0 bridgehead atoms. The lowest BCUT2D eigenvalue weighted by Gasteiger charge is -2.17. The average molecular weight is 279 g/mol. The fourth-order valence-corrected chi connectivity index (χ4v) is 2.67. The Bertz CT molecular complexity index is 696. The average Bonchev–Trinajstić information content (AvgIpc) is 2.91. The molecule has 108 valence electrons. The molecular weight excluding hydrogens is 258 g/mol. The zero-order valence-electron chi connectivity index (χ0n) is 12.6. The van der Waals surface area contributed by atoms with Gasteiger partial charge in [0.15, 0.2) is 0 Å². The first kappa shape index (κ1) is 13.9. The van der Waals surface area contributed by atoms with Crippen LogP contribution in [0.5, 0.6) is 0 Å². The number of nitrogens with one attached hydrogen (secondary N) is 1. The summed E-state index contributed by atoms with van der Waals surface area (Å²) in [5.74, 6) is 0.982. The highest BCUT2D eigenvalue weighted by atomic mass is 16.3. The van der Waals surface area contributed by atoms with E-state index >= 15 is 0 Å². The normalized spacial score (nSPS) is 12.7. The molecule has 21 heavy (non-hydrogen) atoms. The van der Waals surface area contributed by atoms with E-state index in [1.54, 1.807) is 0 Å². The van der Waals surface area contributed by atoms with Crippen molar-refractivity contribution in [3.63, 3.8) is 0 Å². The molecular formula is C19H21NO. The van der Waals surface area contributed by atoms with Crippen LogP contribution in [0.1, 0.15) is 36.3 Å². The van der Waals surface area contributed by atoms with E-state index in [1.165, 1.54) is 11.1 Å². The number of para-hydroxylation sites is 1. The van der Waals surface area contributed by atoms with Crippen molar-refractivity contribution in [3.8, 4) is 0 Å². The maximum atomic E-state index is 6.06. The summed E-state index contributed by atoms with van der Waals surface area (Å²) in [6.07, 6.45) is 1.10. The SMILES string of the molecule is CCCNC(c1cccc(C)c1)c1cc2ccccc2o1. The van der Waals surface area contributed by atoms with Crippen molar-refractivity contribution in [1.82, 2.24) is 5.32 Å². The van der Waals surface area contributed by atoms with E-state index < -0.39 is 0 Å². The molecule has 2 heteroatoms. The number of fused-ring (bicyclic) bond motifs is 1. The molecule has 1 aromatic heterocycles. The topological polar surface area (TPSA) is 25.2 Å². The maximum Gasteiger partial charge on any atom is 0.134 e. The summed E-state index contributed by atoms with van der Waals surface area (Å²) in [6.45, 7) is 5.27. The van der Waals surface area contributed by atoms with Gasteiger partial charge in [-0.2, -0.15) is 0 Å². The minimum atomic E-state index is 0.109. The summed E-state index contributed by atoms with van der Waals surface area (Å²) in [7, 11) is 0. The third-order valence-electron chi connectivity index (χ3n) is 3.70. The zero-order valence-corrected chi connectivity index (χ0v) is 12.6. The van der Waals surface area contributed by atoms with E-state index in [-0.39, 0.29) is 6.04 Å². The molecule has 0 saturated carbocycles. The molecule has 3 aromatic rings. The van der Waals surface area contributed by atoms with Crippen LogP contribution in [0.25, 0.3) is 11.0 Å². The first-order chi connectivity index (χ1) is 10.3. The number of benzene rings is 2. The van der Waals surface area contributed by atoms with Gasteiger partial charge < -0.3 is 9.73 Å². The second-order valence-corrected chi connectivity index (χ2v) is 5.49. The quantitative estimate of drug-likeness (QED) is 0.723. The van der Waals surface area contributed by atoms with Crippen LogP contribution >= 0.6 is 0 Å². The van der Waals surface area contributed by atoms with Gasteiger partial charge in [-0.1, -0.05) is 55.0 Å². The van der Waals surface area contributed by atoms with Gasteiger partial charge in [0.1, 0.15) is 11.3 Å². The molecule has 0 aliphatic heterocycles. The summed E-state index contributed by atoms with van der Waals surface area (Å²) < 4.78 is 6.06. The van der Waals surface area contributed by atoms with Crippen LogP contribution in [-0.2, 0) is 0 Å². The molecule has 2 aromatic carbocycles. The smallest absolute Gasteiger partial charge is 0.134 e. The number of rotatable bonds is 5. The van der Waals surface area contributed by atoms with Crippen molar-refractivity contribution in [3.05, 3.63) is 71.5 Å². The minimum absolute atomic E-state index is 0.109. The van der Waals surface area contributed by atoms with Crippen LogP contribution in [-0.4, -0.2) is 6.54 Å². The Balaban J connectivity index is 2.02. The van der Waals surface area contributed by atoms with Crippen LogP contribution in [0.3, 0.4) is 0 Å². The predicted octanol–water partition coefficient (Wildman–Crippen LogP) is 4.83. The number of furan rings is 1. The lowest BCUT2D eigenvalue weighted by molar-refractivity contribution is 0.469. The standard InChI is InChI=1S/C19H21NO/c1-3-11-20-19(16-9-6-7-14(2)12-16)18-13-15-8-4-5-10-17(15)21-18/h4-10,12-13,19-20H,3,11H2,1-2H3. The van der Waals surface area contributed by atoms with Crippen molar-refractivity contribution in [2.45, 2.75) is 26.3 Å². The first-order valence-corrected chi connectivity index (χ1v) is 7.56. The molecule has 0 saturated heterocycles. The summed E-state index contributed by atoms with van der Waals surface area (Å²) in [5.41, 5.74) is 3.47. The van der Waals surface area contributed by atoms with Crippen molar-refractivity contribution >= 4 is 11.0 Å². The molecule has 1 unspecified atom stereocenters. The third kappa shape index (κ3) is 3.01. The molecule has 0 aliphatic carbocycles. The molecule has 0 radical (unpaired) electrons. The highest BCUT2D eigenvalue weighted by molar-refractivity contribution is 5.78. The Morgan fingerprint density at radius 2 is 1.90 bits per heavy atom. The Hall–Kier alpha value is -2.06. The Morgan fingerprint density at radius 1 is 1.05 bits per heavy atom. The van der Waals surface area contributed by atoms with Gasteiger partial charge in [0.05, 0.1) is 6.04 Å². The fraction of sp³-hybridized carbons (Fsp3) is 0.263. The Kier molecular flexibility index (Phi) is 4.07. The van der Waals surface area contributed by atoms with Crippen LogP contribution in [0.2, 0.25) is 0 Å². The monoisotopic (exact) mass is 279 g/mol. The van der Waals surface area contributed by atoms with Gasteiger partial charge in [-0.15, -0.1) is 0 Å². The lowest BCUT2D eigenvalue weighted by atomic mass is 10.0. The molecule has 0 fully saturated rings. The van der Waals surface area contributed by atoms with Crippen molar-refractivity contribution in [2.24, 2.45) is 0 Å². The zero-order chi connectivity index (χ0) is 14.7. The molecule has 2 nitrogen and oxygen atoms in total. The van der Waals surface area contributed by atoms with Gasteiger partial charge >= 0.3 is 0 Å². The van der Waals surface area contributed by atoms with Crippen LogP contribution in [0, 0.1) is 6.92 Å². The van der Waals surface area contributed by atoms with Gasteiger partial charge in [0.2, 0.25) is 0 Å². The van der Waals surface area contributed by atoms with Crippen molar-refractivity contribution < 1.29 is 4.42 Å². The number of hydrogen-bond acceptors (Lipinski definition) is 2. The third-order valence-corrected chi connectivity index (χ3v) is 3.70. The second-order valence-electron chi connectivity index (χ2n) is 5.49. The molecule has 1 N–H and O–H groups in total. The fourth-order valence-electron chi connectivity index (χ4n) is 2.67. The second kappa shape index (κ2) is 6.15. The molecule has 3 rings (SSSR count). The highest BCUT2D eigenvalue weighted by Crippen LogP contribution is 2.28. The summed E-state index contributed by atoms with van der Waals surface area (Å²) >= 11 is 0. The largest absolute Gasteiger partial charge is 0.459 e. The maximum absolute atomic E-state index is 6.06. The van der Waals surface area contributed by atoms with E-state index in [2.05, 4.69) is 55.6 Å². The Morgan fingerprint density at radius 3 is 2.67 bits per heavy atom. The van der Waals surface area contributed by atoms with Gasteiger partial charge in [-0.25, -0.2) is 0 Å². The molecule has 1 atom stereocenters. The van der Waals surface area contributed by atoms with Gasteiger partial charge in [-0.05, 0) is 37.6 Å². The lowest BCUT2D eigenvalue weighted by Crippen LogP contribution is -2.22. The minimum Gasteiger partial charge on any atom is -0.459 e. The Labute approximate surface area is 125 Å². The summed E-state index contributed by atoms with van der Waals surface area (Å²) in [6, 6.07) is 19.0. The number of aryl methyl sites for hydroxylation is 1. The van der Waals surface area contributed by atoms with E-state index in [9.17, 15) is 0 Å². The van der Waals surface area contributed by atoms with Crippen LogP contribution in [0.15, 0.2) is 59.0 Å². The number of hydrogen-bond donors (Lipinski definition) is 1. The summed E-state index contributed by atoms with van der Waals surface area (Å²) in [5, 5.41) is 4.75. The molecule has 0 amide bonds. The predicted molar refractivity (Wildman–Crippen MR) is 87.5 cm³/mol. The van der Waals surface area contributed by atoms with Gasteiger partial charge in [0.25, 0.3) is 0 Å². The van der Waals surface area contributed by atoms with Crippen molar-refractivity contribution in [2.75, 3.05) is 6.54 Å². The van der Waals surface area contributed by atoms with E-state index in [0.29, 0.717) is 0 Å². The van der Waals surface area contributed by atoms with E-state index in [4.69, 9.17) is 4.42 Å². The van der Waals surface area contributed by atoms with Gasteiger partial charge in [-0.3, -0.25) is 0 Å². The van der Waals surface area contributed by atoms with E-state index in [1.807, 2.05) is 18.2 Å². The van der Waals surface area contributed by atoms with Crippen molar-refractivity contribution in [1.29, 1.82) is 0 Å². The van der Waals surface area contributed by atoms with Gasteiger partial charge in [0, 0.05) is 5.39 Å². The highest BCUT2D eigenvalue weighted by Gasteiger charge is 2.17. The molecule has 1 heterocycles. The summed E-state index contributed by atoms with van der Waals surface area (Å²) in [4.78, 5) is 0. The molecule has 0 spiro atoms.